The predicted octanol–water partition coefficient (Wildman–Crippen LogP) is 2.96. The fourth-order valence-corrected chi connectivity index (χ4v) is 3.46. The molecule has 2 N–H and O–H groups in total. The number of anilines is 1. The molecule has 0 unspecified atom stereocenters. The van der Waals surface area contributed by atoms with E-state index in [0.29, 0.717) is 11.4 Å². The van der Waals surface area contributed by atoms with Crippen LogP contribution in [-0.4, -0.2) is 34.6 Å². The van der Waals surface area contributed by atoms with Crippen LogP contribution < -0.4 is 5.73 Å². The van der Waals surface area contributed by atoms with Crippen molar-refractivity contribution in [1.29, 1.82) is 0 Å². The van der Waals surface area contributed by atoms with Gasteiger partial charge in [-0.1, -0.05) is 6.92 Å². The lowest BCUT2D eigenvalue weighted by Gasteiger charge is -2.38. The number of likely N-dealkylation sites (tertiary alicyclic amines) is 1. The molecule has 2 aromatic rings. The van der Waals surface area contributed by atoms with Crippen LogP contribution in [0.2, 0.25) is 0 Å². The fraction of sp³-hybridized carbons (Fsp3) is 0.533. The normalized spacial score (nSPS) is 19.6. The van der Waals surface area contributed by atoms with Crippen molar-refractivity contribution in [2.24, 2.45) is 5.41 Å². The highest BCUT2D eigenvalue weighted by molar-refractivity contribution is 14.1. The van der Waals surface area contributed by atoms with Crippen molar-refractivity contribution in [2.75, 3.05) is 25.9 Å². The first-order chi connectivity index (χ1) is 9.47. The van der Waals surface area contributed by atoms with Crippen molar-refractivity contribution in [1.82, 2.24) is 14.5 Å². The molecule has 1 fully saturated rings. The Morgan fingerprint density at radius 2 is 2.05 bits per heavy atom. The summed E-state index contributed by atoms with van der Waals surface area (Å²) in [6.45, 7) is 5.67. The zero-order valence-corrected chi connectivity index (χ0v) is 14.2. The zero-order chi connectivity index (χ0) is 14.3. The van der Waals surface area contributed by atoms with E-state index in [1.54, 1.807) is 0 Å². The second kappa shape index (κ2) is 5.18. The Bertz CT molecular complexity index is 626. The summed E-state index contributed by atoms with van der Waals surface area (Å²) < 4.78 is 3.39. The first-order valence-corrected chi connectivity index (χ1v) is 8.15. The number of rotatable bonds is 2. The van der Waals surface area contributed by atoms with E-state index in [1.165, 1.54) is 29.5 Å². The topological polar surface area (TPSA) is 47.1 Å². The van der Waals surface area contributed by atoms with Crippen LogP contribution in [0.25, 0.3) is 11.0 Å². The highest BCUT2D eigenvalue weighted by atomic mass is 127. The van der Waals surface area contributed by atoms with E-state index in [2.05, 4.69) is 69.2 Å². The molecule has 4 nitrogen and oxygen atoms in total. The summed E-state index contributed by atoms with van der Waals surface area (Å²) in [5, 5.41) is 0. The number of benzene rings is 1. The first kappa shape index (κ1) is 14.1. The number of imidazole rings is 1. The van der Waals surface area contributed by atoms with Crippen molar-refractivity contribution in [3.05, 3.63) is 21.8 Å². The predicted molar refractivity (Wildman–Crippen MR) is 91.7 cm³/mol. The van der Waals surface area contributed by atoms with Gasteiger partial charge in [-0.25, -0.2) is 4.98 Å². The van der Waals surface area contributed by atoms with Crippen molar-refractivity contribution in [3.8, 4) is 0 Å². The number of piperidine rings is 1. The van der Waals surface area contributed by atoms with Crippen LogP contribution in [0.1, 0.15) is 19.8 Å². The molecule has 1 aliphatic heterocycles. The third-order valence-electron chi connectivity index (χ3n) is 4.47. The number of nitrogen functional groups attached to an aromatic ring is 1. The fourth-order valence-electron chi connectivity index (χ4n) is 2.99. The van der Waals surface area contributed by atoms with Gasteiger partial charge in [0.05, 0.1) is 11.0 Å². The van der Waals surface area contributed by atoms with Crippen LogP contribution in [0.4, 0.5) is 5.95 Å². The van der Waals surface area contributed by atoms with Crippen LogP contribution in [0, 0.1) is 8.99 Å². The molecular formula is C15H21IN4. The maximum Gasteiger partial charge on any atom is 0.201 e. The minimum atomic E-state index is 0.317. The molecule has 0 radical (unpaired) electrons. The van der Waals surface area contributed by atoms with Crippen molar-refractivity contribution in [2.45, 2.75) is 26.3 Å². The molecule has 1 aromatic heterocycles. The van der Waals surface area contributed by atoms with Crippen LogP contribution in [0.15, 0.2) is 18.2 Å². The summed E-state index contributed by atoms with van der Waals surface area (Å²) in [4.78, 5) is 6.91. The molecule has 3 rings (SSSR count). The minimum Gasteiger partial charge on any atom is -0.369 e. The Hall–Kier alpha value is -0.820. The lowest BCUT2D eigenvalue weighted by atomic mass is 9.80. The smallest absolute Gasteiger partial charge is 0.201 e. The average Bonchev–Trinajstić information content (AvgIpc) is 2.69. The Morgan fingerprint density at radius 3 is 2.75 bits per heavy atom. The summed E-state index contributed by atoms with van der Waals surface area (Å²) in [7, 11) is 2.20. The lowest BCUT2D eigenvalue weighted by Crippen LogP contribution is -2.38. The summed E-state index contributed by atoms with van der Waals surface area (Å²) >= 11 is 2.31. The van der Waals surface area contributed by atoms with E-state index in [0.717, 1.165) is 17.6 Å². The highest BCUT2D eigenvalue weighted by Crippen LogP contribution is 2.34. The molecular weight excluding hydrogens is 363 g/mol. The zero-order valence-electron chi connectivity index (χ0n) is 12.1. The quantitative estimate of drug-likeness (QED) is 0.810. The molecule has 0 amide bonds. The second-order valence-electron chi connectivity index (χ2n) is 6.30. The van der Waals surface area contributed by atoms with Crippen molar-refractivity contribution in [3.63, 3.8) is 0 Å². The largest absolute Gasteiger partial charge is 0.369 e. The van der Waals surface area contributed by atoms with E-state index in [-0.39, 0.29) is 0 Å². The van der Waals surface area contributed by atoms with E-state index in [1.807, 2.05) is 0 Å². The Labute approximate surface area is 133 Å². The van der Waals surface area contributed by atoms with Crippen LogP contribution >= 0.6 is 22.6 Å². The number of halogens is 1. The molecule has 1 aromatic carbocycles. The first-order valence-electron chi connectivity index (χ1n) is 7.07. The van der Waals surface area contributed by atoms with Crippen LogP contribution in [-0.2, 0) is 6.54 Å². The van der Waals surface area contributed by atoms with Gasteiger partial charge in [-0.2, -0.15) is 0 Å². The summed E-state index contributed by atoms with van der Waals surface area (Å²) in [5.41, 5.74) is 8.62. The Morgan fingerprint density at radius 1 is 1.35 bits per heavy atom. The standard InChI is InChI=1S/C15H21IN4/c1-15(5-7-19(2)8-6-15)10-20-13-4-3-11(16)9-12(13)18-14(20)17/h3-4,9H,5-8,10H2,1-2H3,(H2,17,18). The molecule has 5 heteroatoms. The van der Waals surface area contributed by atoms with E-state index < -0.39 is 0 Å². The summed E-state index contributed by atoms with van der Waals surface area (Å²) in [5.74, 6) is 0.641. The molecule has 0 spiro atoms. The molecule has 0 aliphatic carbocycles. The van der Waals surface area contributed by atoms with E-state index >= 15 is 0 Å². The monoisotopic (exact) mass is 384 g/mol. The molecule has 0 bridgehead atoms. The van der Waals surface area contributed by atoms with Gasteiger partial charge in [-0.3, -0.25) is 0 Å². The number of hydrogen-bond acceptors (Lipinski definition) is 3. The van der Waals surface area contributed by atoms with Gasteiger partial charge in [0.1, 0.15) is 0 Å². The Kier molecular flexibility index (Phi) is 3.66. The number of aromatic nitrogens is 2. The molecule has 2 heterocycles. The van der Waals surface area contributed by atoms with Gasteiger partial charge in [0, 0.05) is 10.1 Å². The summed E-state index contributed by atoms with van der Waals surface area (Å²) in [6.07, 6.45) is 2.43. The van der Waals surface area contributed by atoms with Crippen LogP contribution in [0.5, 0.6) is 0 Å². The number of nitrogens with two attached hydrogens (primary N) is 1. The van der Waals surface area contributed by atoms with Crippen molar-refractivity contribution < 1.29 is 0 Å². The van der Waals surface area contributed by atoms with Gasteiger partial charge in [-0.05, 0) is 79.2 Å². The SMILES string of the molecule is CN1CCC(C)(Cn2c(N)nc3cc(I)ccc32)CC1. The number of nitrogens with zero attached hydrogens (tertiary/aromatic N) is 3. The van der Waals surface area contributed by atoms with Crippen molar-refractivity contribution >= 4 is 39.6 Å². The van der Waals surface area contributed by atoms with Gasteiger partial charge in [0.25, 0.3) is 0 Å². The van der Waals surface area contributed by atoms with Gasteiger partial charge in [-0.15, -0.1) is 0 Å². The van der Waals surface area contributed by atoms with Gasteiger partial charge in [0.15, 0.2) is 0 Å². The number of hydrogen-bond donors (Lipinski definition) is 1. The molecule has 1 aliphatic rings. The Balaban J connectivity index is 1.92. The molecule has 20 heavy (non-hydrogen) atoms. The van der Waals surface area contributed by atoms with E-state index in [9.17, 15) is 0 Å². The third kappa shape index (κ3) is 2.65. The van der Waals surface area contributed by atoms with Crippen LogP contribution in [0.3, 0.4) is 0 Å². The highest BCUT2D eigenvalue weighted by Gasteiger charge is 2.30. The average molecular weight is 384 g/mol. The molecule has 108 valence electrons. The van der Waals surface area contributed by atoms with Gasteiger partial charge in [0.2, 0.25) is 5.95 Å². The molecule has 0 saturated carbocycles. The van der Waals surface area contributed by atoms with E-state index in [4.69, 9.17) is 5.73 Å². The molecule has 1 saturated heterocycles. The molecule has 0 atom stereocenters. The third-order valence-corrected chi connectivity index (χ3v) is 5.14. The lowest BCUT2D eigenvalue weighted by molar-refractivity contribution is 0.122. The van der Waals surface area contributed by atoms with Gasteiger partial charge >= 0.3 is 0 Å². The summed E-state index contributed by atoms with van der Waals surface area (Å²) in [6, 6.07) is 6.36. The maximum absolute atomic E-state index is 6.15. The second-order valence-corrected chi connectivity index (χ2v) is 7.55. The maximum atomic E-state index is 6.15. The van der Waals surface area contributed by atoms with Gasteiger partial charge < -0.3 is 15.2 Å². The number of fused-ring (bicyclic) bond motifs is 1. The minimum absolute atomic E-state index is 0.317.